The quantitative estimate of drug-likeness (QED) is 0.346. The van der Waals surface area contributed by atoms with Crippen molar-refractivity contribution >= 4 is 35.8 Å². The number of nitrogens with zero attached hydrogens (tertiary/aromatic N) is 2. The van der Waals surface area contributed by atoms with Gasteiger partial charge >= 0.3 is 0 Å². The van der Waals surface area contributed by atoms with Crippen molar-refractivity contribution in [2.24, 2.45) is 0 Å². The van der Waals surface area contributed by atoms with Crippen LogP contribution in [0.4, 0.5) is 4.39 Å². The highest BCUT2D eigenvalue weighted by molar-refractivity contribution is 5.98. The molecule has 1 aliphatic rings. The maximum Gasteiger partial charge on any atom is 0.274 e. The number of hydrogen-bond acceptors (Lipinski definition) is 8. The molecular weight excluding hydrogens is 515 g/mol. The molecule has 0 aliphatic carbocycles. The van der Waals surface area contributed by atoms with Gasteiger partial charge in [0.25, 0.3) is 5.91 Å². The van der Waals surface area contributed by atoms with E-state index in [4.69, 9.17) is 4.52 Å². The molecule has 5 amide bonds. The topological polar surface area (TPSA) is 180 Å². The van der Waals surface area contributed by atoms with Crippen LogP contribution >= 0.6 is 0 Å². The summed E-state index contributed by atoms with van der Waals surface area (Å²) in [4.78, 5) is 76.8. The highest BCUT2D eigenvalue weighted by atomic mass is 19.1. The largest absolute Gasteiger partial charge is 0.361 e. The summed E-state index contributed by atoms with van der Waals surface area (Å²) in [5.41, 5.74) is 0.392. The number of hydrogen-bond donors (Lipinski definition) is 4. The summed E-state index contributed by atoms with van der Waals surface area (Å²) < 4.78 is 18.3. The molecule has 4 N–H and O–H groups in total. The Bertz CT molecular complexity index is 1230. The third kappa shape index (κ3) is 8.45. The second kappa shape index (κ2) is 13.3. The molecule has 39 heavy (non-hydrogen) atoms. The molecule has 2 heterocycles. The second-order valence-electron chi connectivity index (χ2n) is 9.08. The molecule has 1 aliphatic heterocycles. The van der Waals surface area contributed by atoms with E-state index >= 15 is 0 Å². The minimum absolute atomic E-state index is 0.0347. The van der Waals surface area contributed by atoms with Gasteiger partial charge in [0, 0.05) is 32.5 Å². The van der Waals surface area contributed by atoms with Gasteiger partial charge in [-0.1, -0.05) is 17.3 Å². The zero-order chi connectivity index (χ0) is 28.5. The van der Waals surface area contributed by atoms with Crippen molar-refractivity contribution < 1.29 is 37.7 Å². The molecule has 13 nitrogen and oxygen atoms in total. The molecule has 1 aromatic heterocycles. The lowest BCUT2D eigenvalue weighted by molar-refractivity contribution is -0.135. The fourth-order valence-corrected chi connectivity index (χ4v) is 3.76. The van der Waals surface area contributed by atoms with Crippen molar-refractivity contribution in [1.82, 2.24) is 31.3 Å². The first-order chi connectivity index (χ1) is 18.5. The first kappa shape index (κ1) is 28.9. The van der Waals surface area contributed by atoms with Crippen LogP contribution in [0.25, 0.3) is 0 Å². The van der Waals surface area contributed by atoms with Crippen LogP contribution < -0.4 is 21.3 Å². The van der Waals surface area contributed by atoms with Gasteiger partial charge in [-0.25, -0.2) is 4.39 Å². The molecule has 0 bridgehead atoms. The summed E-state index contributed by atoms with van der Waals surface area (Å²) in [5.74, 6) is -3.51. The number of aromatic nitrogens is 1. The van der Waals surface area contributed by atoms with Crippen LogP contribution in [0.1, 0.15) is 34.7 Å². The number of amides is 5. The average Bonchev–Trinajstić information content (AvgIpc) is 3.34. The monoisotopic (exact) mass is 544 g/mol. The predicted octanol–water partition coefficient (Wildman–Crippen LogP) is -1.000. The molecule has 0 radical (unpaired) electrons. The summed E-state index contributed by atoms with van der Waals surface area (Å²) in [7, 11) is 1.39. The SMILES string of the molecule is Cc1cc(C(=O)NC2CNC(=O)CN(C)C(=O)CCC(C=O)NC(=O)C(Cc3ccc(F)cc3)NC2=O)no1. The van der Waals surface area contributed by atoms with Gasteiger partial charge in [-0.2, -0.15) is 0 Å². The molecule has 208 valence electrons. The molecule has 3 atom stereocenters. The zero-order valence-electron chi connectivity index (χ0n) is 21.4. The van der Waals surface area contributed by atoms with Gasteiger partial charge in [0.2, 0.25) is 23.6 Å². The number of benzene rings is 1. The number of likely N-dealkylation sites (N-methyl/N-ethyl adjacent to an activating group) is 1. The Morgan fingerprint density at radius 1 is 1.18 bits per heavy atom. The van der Waals surface area contributed by atoms with Gasteiger partial charge in [-0.15, -0.1) is 0 Å². The molecule has 1 saturated heterocycles. The van der Waals surface area contributed by atoms with Gasteiger partial charge in [0.15, 0.2) is 5.69 Å². The molecule has 3 unspecified atom stereocenters. The number of rotatable bonds is 5. The van der Waals surface area contributed by atoms with Crippen LogP contribution in [0.3, 0.4) is 0 Å². The lowest BCUT2D eigenvalue weighted by Gasteiger charge is -2.24. The van der Waals surface area contributed by atoms with E-state index in [0.29, 0.717) is 17.6 Å². The van der Waals surface area contributed by atoms with E-state index in [1.54, 1.807) is 6.92 Å². The van der Waals surface area contributed by atoms with E-state index in [2.05, 4.69) is 26.4 Å². The zero-order valence-corrected chi connectivity index (χ0v) is 21.4. The molecule has 14 heteroatoms. The molecule has 1 fully saturated rings. The fraction of sp³-hybridized carbons (Fsp3) is 0.400. The van der Waals surface area contributed by atoms with Crippen LogP contribution in [0.15, 0.2) is 34.9 Å². The highest BCUT2D eigenvalue weighted by Gasteiger charge is 2.30. The summed E-state index contributed by atoms with van der Waals surface area (Å²) in [5, 5.41) is 13.6. The van der Waals surface area contributed by atoms with Crippen molar-refractivity contribution in [3.8, 4) is 0 Å². The highest BCUT2D eigenvalue weighted by Crippen LogP contribution is 2.09. The minimum atomic E-state index is -1.37. The maximum atomic E-state index is 13.4. The smallest absolute Gasteiger partial charge is 0.274 e. The van der Waals surface area contributed by atoms with Crippen LogP contribution in [0.2, 0.25) is 0 Å². The molecule has 1 aromatic carbocycles. The first-order valence-electron chi connectivity index (χ1n) is 12.1. The van der Waals surface area contributed by atoms with E-state index in [9.17, 15) is 33.2 Å². The van der Waals surface area contributed by atoms with Crippen LogP contribution in [-0.4, -0.2) is 84.1 Å². The summed E-state index contributed by atoms with van der Waals surface area (Å²) in [6.45, 7) is 0.857. The molecule has 0 spiro atoms. The maximum absolute atomic E-state index is 13.4. The van der Waals surface area contributed by atoms with Crippen LogP contribution in [0, 0.1) is 12.7 Å². The van der Waals surface area contributed by atoms with Crippen molar-refractivity contribution in [2.45, 2.75) is 44.3 Å². The second-order valence-corrected chi connectivity index (χ2v) is 9.08. The van der Waals surface area contributed by atoms with Gasteiger partial charge in [-0.3, -0.25) is 24.0 Å². The number of halogens is 1. The summed E-state index contributed by atoms with van der Waals surface area (Å²) in [6, 6.07) is 2.93. The Hall–Kier alpha value is -4.62. The van der Waals surface area contributed by atoms with Crippen molar-refractivity contribution in [3.63, 3.8) is 0 Å². The lowest BCUT2D eigenvalue weighted by Crippen LogP contribution is -2.58. The molecular formula is C25H29FN6O7. The van der Waals surface area contributed by atoms with E-state index in [1.807, 2.05) is 0 Å². The van der Waals surface area contributed by atoms with E-state index in [-0.39, 0.29) is 38.0 Å². The van der Waals surface area contributed by atoms with Crippen LogP contribution in [-0.2, 0) is 30.4 Å². The number of aldehydes is 1. The van der Waals surface area contributed by atoms with Crippen molar-refractivity contribution in [3.05, 3.63) is 53.2 Å². The third-order valence-electron chi connectivity index (χ3n) is 5.94. The predicted molar refractivity (Wildman–Crippen MR) is 132 cm³/mol. The van der Waals surface area contributed by atoms with Crippen molar-refractivity contribution in [2.75, 3.05) is 20.1 Å². The van der Waals surface area contributed by atoms with E-state index < -0.39 is 53.5 Å². The Labute approximate surface area is 222 Å². The number of carbonyl (C=O) groups is 6. The molecule has 2 aromatic rings. The van der Waals surface area contributed by atoms with Gasteiger partial charge in [0.05, 0.1) is 12.6 Å². The Morgan fingerprint density at radius 2 is 1.90 bits per heavy atom. The van der Waals surface area contributed by atoms with Crippen molar-refractivity contribution in [1.29, 1.82) is 0 Å². The van der Waals surface area contributed by atoms with E-state index in [1.165, 1.54) is 37.4 Å². The Kier molecular flexibility index (Phi) is 9.84. The molecule has 3 rings (SSSR count). The fourth-order valence-electron chi connectivity index (χ4n) is 3.76. The average molecular weight is 545 g/mol. The van der Waals surface area contributed by atoms with Gasteiger partial charge < -0.3 is 35.5 Å². The van der Waals surface area contributed by atoms with Gasteiger partial charge in [0.1, 0.15) is 29.9 Å². The standard InChI is InChI=1S/C25H29FN6O7/c1-14-9-19(31-39-14)24(37)30-20-11-27-21(34)12-32(2)22(35)8-7-17(13-33)28-23(36)18(29-25(20)38)10-15-3-5-16(26)6-4-15/h3-6,9,13,17-18,20H,7-8,10-12H2,1-2H3,(H,27,34)(H,28,36)(H,29,38)(H,30,37). The number of nitrogens with one attached hydrogen (secondary N) is 4. The van der Waals surface area contributed by atoms with Crippen LogP contribution in [0.5, 0.6) is 0 Å². The van der Waals surface area contributed by atoms with Gasteiger partial charge in [-0.05, 0) is 31.0 Å². The Morgan fingerprint density at radius 3 is 2.54 bits per heavy atom. The third-order valence-corrected chi connectivity index (χ3v) is 5.94. The Balaban J connectivity index is 1.90. The molecule has 0 saturated carbocycles. The first-order valence-corrected chi connectivity index (χ1v) is 12.1. The number of carbonyl (C=O) groups excluding carboxylic acids is 6. The minimum Gasteiger partial charge on any atom is -0.361 e. The van der Waals surface area contributed by atoms with E-state index in [0.717, 1.165) is 4.90 Å². The summed E-state index contributed by atoms with van der Waals surface area (Å²) >= 11 is 0. The number of aryl methyl sites for hydroxylation is 1. The lowest BCUT2D eigenvalue weighted by atomic mass is 10.0. The normalized spacial score (nSPS) is 21.6. The summed E-state index contributed by atoms with van der Waals surface area (Å²) in [6.07, 6.45) is 0.224.